The molecular formula is C19H14Br2O2. The molecule has 3 rings (SSSR count). The van der Waals surface area contributed by atoms with Crippen molar-refractivity contribution < 1.29 is 10.2 Å². The number of aromatic hydroxyl groups is 2. The van der Waals surface area contributed by atoms with Crippen molar-refractivity contribution in [3.8, 4) is 11.5 Å². The molecule has 0 saturated heterocycles. The summed E-state index contributed by atoms with van der Waals surface area (Å²) in [7, 11) is 0. The molecule has 0 heterocycles. The zero-order chi connectivity index (χ0) is 16.4. The van der Waals surface area contributed by atoms with Crippen LogP contribution >= 0.6 is 31.9 Å². The third-order valence-electron chi connectivity index (χ3n) is 3.74. The van der Waals surface area contributed by atoms with Gasteiger partial charge in [0.25, 0.3) is 0 Å². The summed E-state index contributed by atoms with van der Waals surface area (Å²) in [4.78, 5) is 0. The van der Waals surface area contributed by atoms with Crippen LogP contribution in [-0.2, 0) is 0 Å². The number of phenolic OH excluding ortho intramolecular Hbond substituents is 2. The summed E-state index contributed by atoms with van der Waals surface area (Å²) in [5.41, 5.74) is 3.25. The Kier molecular flexibility index (Phi) is 4.74. The molecule has 3 aromatic rings. The third kappa shape index (κ3) is 3.43. The first-order chi connectivity index (χ1) is 11.1. The minimum Gasteiger partial charge on any atom is -0.507 e. The summed E-state index contributed by atoms with van der Waals surface area (Å²) < 4.78 is 1.32. The van der Waals surface area contributed by atoms with Crippen LogP contribution in [0.15, 0.2) is 75.7 Å². The maximum Gasteiger partial charge on any atom is 0.129 e. The molecule has 0 aliphatic heterocycles. The van der Waals surface area contributed by atoms with E-state index in [1.807, 2.05) is 42.5 Å². The Balaban J connectivity index is 2.17. The average molecular weight is 434 g/mol. The number of halogens is 2. The van der Waals surface area contributed by atoms with Crippen molar-refractivity contribution >= 4 is 31.9 Å². The molecule has 2 N–H and O–H groups in total. The van der Waals surface area contributed by atoms with Crippen LogP contribution in [0.25, 0.3) is 0 Å². The number of hydrogen-bond donors (Lipinski definition) is 2. The molecule has 4 heteroatoms. The van der Waals surface area contributed by atoms with E-state index in [9.17, 15) is 10.2 Å². The fourth-order valence-electron chi connectivity index (χ4n) is 2.63. The van der Waals surface area contributed by atoms with Gasteiger partial charge in [-0.25, -0.2) is 0 Å². The molecule has 0 fully saturated rings. The zero-order valence-corrected chi connectivity index (χ0v) is 15.3. The topological polar surface area (TPSA) is 40.5 Å². The summed E-state index contributed by atoms with van der Waals surface area (Å²) in [6.45, 7) is 0. The van der Waals surface area contributed by atoms with Crippen molar-refractivity contribution in [2.24, 2.45) is 0 Å². The van der Waals surface area contributed by atoms with Crippen LogP contribution in [0.5, 0.6) is 11.5 Å². The summed E-state index contributed by atoms with van der Waals surface area (Å²) in [5.74, 6) is 0.435. The van der Waals surface area contributed by atoms with Gasteiger partial charge in [-0.2, -0.15) is 0 Å². The monoisotopic (exact) mass is 432 g/mol. The number of benzene rings is 3. The van der Waals surface area contributed by atoms with Crippen molar-refractivity contribution in [3.05, 3.63) is 92.4 Å². The van der Waals surface area contributed by atoms with E-state index in [0.717, 1.165) is 16.7 Å². The lowest BCUT2D eigenvalue weighted by atomic mass is 9.85. The van der Waals surface area contributed by atoms with Crippen molar-refractivity contribution in [2.45, 2.75) is 5.92 Å². The van der Waals surface area contributed by atoms with Crippen molar-refractivity contribution in [2.75, 3.05) is 0 Å². The van der Waals surface area contributed by atoms with E-state index >= 15 is 0 Å². The van der Waals surface area contributed by atoms with Gasteiger partial charge in [-0.1, -0.05) is 42.5 Å². The smallest absolute Gasteiger partial charge is 0.129 e. The molecule has 0 aliphatic carbocycles. The van der Waals surface area contributed by atoms with Crippen LogP contribution in [0.3, 0.4) is 0 Å². The minimum absolute atomic E-state index is 0.00463. The van der Waals surface area contributed by atoms with Crippen LogP contribution in [0.2, 0.25) is 0 Å². The van der Waals surface area contributed by atoms with E-state index in [1.165, 1.54) is 0 Å². The van der Waals surface area contributed by atoms with Gasteiger partial charge >= 0.3 is 0 Å². The Morgan fingerprint density at radius 2 is 1.09 bits per heavy atom. The largest absolute Gasteiger partial charge is 0.507 e. The summed E-state index contributed by atoms with van der Waals surface area (Å²) in [6.07, 6.45) is 0. The highest BCUT2D eigenvalue weighted by Crippen LogP contribution is 2.37. The standard InChI is InChI=1S/C19H14Br2O2/c20-15-10-13(6-8-17(15)22)19(12-4-2-1-3-5-12)14-7-9-18(23)16(21)11-14/h1-11,19,22-23H. The lowest BCUT2D eigenvalue weighted by Gasteiger charge is -2.20. The SMILES string of the molecule is Oc1ccc(C(c2ccccc2)c2ccc(O)c(Br)c2)cc1Br. The molecule has 0 atom stereocenters. The molecule has 3 aromatic carbocycles. The van der Waals surface area contributed by atoms with Gasteiger partial charge in [0.05, 0.1) is 8.95 Å². The highest BCUT2D eigenvalue weighted by atomic mass is 79.9. The van der Waals surface area contributed by atoms with E-state index < -0.39 is 0 Å². The van der Waals surface area contributed by atoms with Gasteiger partial charge in [0.1, 0.15) is 11.5 Å². The Bertz CT molecular complexity index is 781. The number of hydrogen-bond acceptors (Lipinski definition) is 2. The molecule has 116 valence electrons. The molecular weight excluding hydrogens is 420 g/mol. The van der Waals surface area contributed by atoms with E-state index in [-0.39, 0.29) is 17.4 Å². The van der Waals surface area contributed by atoms with Gasteiger partial charge in [-0.15, -0.1) is 0 Å². The molecule has 0 saturated carbocycles. The maximum atomic E-state index is 9.76. The molecule has 0 amide bonds. The molecule has 0 unspecified atom stereocenters. The van der Waals surface area contributed by atoms with E-state index in [4.69, 9.17) is 0 Å². The molecule has 0 radical (unpaired) electrons. The Hall–Kier alpha value is -1.78. The van der Waals surface area contributed by atoms with Crippen molar-refractivity contribution in [1.29, 1.82) is 0 Å². The fraction of sp³-hybridized carbons (Fsp3) is 0.0526. The Morgan fingerprint density at radius 1 is 0.609 bits per heavy atom. The van der Waals surface area contributed by atoms with E-state index in [0.29, 0.717) is 8.95 Å². The summed E-state index contributed by atoms with van der Waals surface area (Å²) in [5, 5.41) is 19.5. The lowest BCUT2D eigenvalue weighted by Crippen LogP contribution is -2.03. The van der Waals surface area contributed by atoms with Gasteiger partial charge in [0, 0.05) is 5.92 Å². The van der Waals surface area contributed by atoms with Gasteiger partial charge in [-0.3, -0.25) is 0 Å². The highest BCUT2D eigenvalue weighted by Gasteiger charge is 2.18. The quantitative estimate of drug-likeness (QED) is 0.512. The predicted molar refractivity (Wildman–Crippen MR) is 99.0 cm³/mol. The van der Waals surface area contributed by atoms with Crippen molar-refractivity contribution in [1.82, 2.24) is 0 Å². The number of rotatable bonds is 3. The van der Waals surface area contributed by atoms with Gasteiger partial charge < -0.3 is 10.2 Å². The Morgan fingerprint density at radius 3 is 1.52 bits per heavy atom. The van der Waals surface area contributed by atoms with Crippen LogP contribution < -0.4 is 0 Å². The summed E-state index contributed by atoms with van der Waals surface area (Å²) >= 11 is 6.77. The van der Waals surface area contributed by atoms with E-state index in [2.05, 4.69) is 44.0 Å². The van der Waals surface area contributed by atoms with Crippen LogP contribution in [0.4, 0.5) is 0 Å². The van der Waals surface area contributed by atoms with Gasteiger partial charge in [0.2, 0.25) is 0 Å². The lowest BCUT2D eigenvalue weighted by molar-refractivity contribution is 0.471. The molecule has 0 spiro atoms. The fourth-order valence-corrected chi connectivity index (χ4v) is 3.42. The highest BCUT2D eigenvalue weighted by molar-refractivity contribution is 9.10. The van der Waals surface area contributed by atoms with Crippen LogP contribution in [0.1, 0.15) is 22.6 Å². The minimum atomic E-state index is 0.00463. The van der Waals surface area contributed by atoms with Crippen LogP contribution in [0, 0.1) is 0 Å². The summed E-state index contributed by atoms with van der Waals surface area (Å²) in [6, 6.07) is 21.2. The molecule has 0 bridgehead atoms. The first-order valence-corrected chi connectivity index (χ1v) is 8.66. The van der Waals surface area contributed by atoms with E-state index in [1.54, 1.807) is 12.1 Å². The number of phenols is 2. The second-order valence-electron chi connectivity index (χ2n) is 5.27. The van der Waals surface area contributed by atoms with Crippen LogP contribution in [-0.4, -0.2) is 10.2 Å². The predicted octanol–water partition coefficient (Wildman–Crippen LogP) is 5.80. The Labute approximate surface area is 151 Å². The van der Waals surface area contributed by atoms with Gasteiger partial charge in [0.15, 0.2) is 0 Å². The van der Waals surface area contributed by atoms with Gasteiger partial charge in [-0.05, 0) is 72.8 Å². The normalized spacial score (nSPS) is 10.9. The molecule has 0 aromatic heterocycles. The average Bonchev–Trinajstić information content (AvgIpc) is 2.55. The second kappa shape index (κ2) is 6.77. The van der Waals surface area contributed by atoms with Crippen molar-refractivity contribution in [3.63, 3.8) is 0 Å². The molecule has 0 aliphatic rings. The zero-order valence-electron chi connectivity index (χ0n) is 12.1. The second-order valence-corrected chi connectivity index (χ2v) is 6.97. The first kappa shape index (κ1) is 16.1. The third-order valence-corrected chi connectivity index (χ3v) is 5.01. The molecule has 2 nitrogen and oxygen atoms in total. The molecule has 23 heavy (non-hydrogen) atoms. The first-order valence-electron chi connectivity index (χ1n) is 7.08. The maximum absolute atomic E-state index is 9.76.